The Morgan fingerprint density at radius 1 is 1.19 bits per heavy atom. The Kier molecular flexibility index (Phi) is 5.50. The maximum absolute atomic E-state index is 13.3. The molecule has 1 saturated carbocycles. The third-order valence-corrected chi connectivity index (χ3v) is 6.60. The number of amides is 1. The largest absolute Gasteiger partial charge is 0.495 e. The van der Waals surface area contributed by atoms with Crippen LogP contribution < -0.4 is 14.4 Å². The molecule has 2 aromatic rings. The van der Waals surface area contributed by atoms with Gasteiger partial charge in [-0.3, -0.25) is 9.69 Å². The fraction of sp³-hybridized carbons (Fsp3) is 0.600. The summed E-state index contributed by atoms with van der Waals surface area (Å²) in [4.78, 5) is 19.9. The van der Waals surface area contributed by atoms with Crippen molar-refractivity contribution in [2.24, 2.45) is 5.92 Å². The number of fused-ring (bicyclic) bond motifs is 1. The van der Waals surface area contributed by atoms with Crippen molar-refractivity contribution in [3.05, 3.63) is 12.1 Å². The highest BCUT2D eigenvalue weighted by molar-refractivity contribution is 7.22. The van der Waals surface area contributed by atoms with Gasteiger partial charge in [-0.2, -0.15) is 0 Å². The molecular weight excluding hydrogens is 364 g/mol. The van der Waals surface area contributed by atoms with E-state index in [4.69, 9.17) is 19.2 Å². The summed E-state index contributed by atoms with van der Waals surface area (Å²) in [6, 6.07) is 3.74. The summed E-state index contributed by atoms with van der Waals surface area (Å²) in [7, 11) is 3.28. The van der Waals surface area contributed by atoms with Crippen LogP contribution >= 0.6 is 11.3 Å². The van der Waals surface area contributed by atoms with E-state index in [0.717, 1.165) is 61.1 Å². The van der Waals surface area contributed by atoms with Crippen molar-refractivity contribution < 1.29 is 19.0 Å². The van der Waals surface area contributed by atoms with E-state index >= 15 is 0 Å². The molecule has 27 heavy (non-hydrogen) atoms. The van der Waals surface area contributed by atoms with Crippen LogP contribution in [-0.4, -0.2) is 44.4 Å². The monoisotopic (exact) mass is 390 g/mol. The molecule has 4 rings (SSSR count). The van der Waals surface area contributed by atoms with Crippen LogP contribution in [0.15, 0.2) is 12.1 Å². The molecule has 0 unspecified atom stereocenters. The average molecular weight is 391 g/mol. The first kappa shape index (κ1) is 18.5. The highest BCUT2D eigenvalue weighted by Crippen LogP contribution is 2.41. The predicted octanol–water partition coefficient (Wildman–Crippen LogP) is 4.02. The zero-order chi connectivity index (χ0) is 18.8. The molecule has 1 atom stereocenters. The van der Waals surface area contributed by atoms with Gasteiger partial charge in [0, 0.05) is 12.5 Å². The number of methoxy groups -OCH3 is 2. The average Bonchev–Trinajstić information content (AvgIpc) is 3.45. The van der Waals surface area contributed by atoms with E-state index in [2.05, 4.69) is 0 Å². The van der Waals surface area contributed by atoms with Crippen molar-refractivity contribution in [1.82, 2.24) is 4.98 Å². The molecule has 0 bridgehead atoms. The molecule has 1 aliphatic carbocycles. The fourth-order valence-corrected chi connectivity index (χ4v) is 5.13. The minimum Gasteiger partial charge on any atom is -0.495 e. The van der Waals surface area contributed by atoms with Crippen LogP contribution in [0.5, 0.6) is 11.5 Å². The Morgan fingerprint density at radius 2 is 1.93 bits per heavy atom. The van der Waals surface area contributed by atoms with Crippen LogP contribution in [0.1, 0.15) is 38.5 Å². The summed E-state index contributed by atoms with van der Waals surface area (Å²) in [5.74, 6) is 1.72. The van der Waals surface area contributed by atoms with Gasteiger partial charge < -0.3 is 14.2 Å². The molecule has 6 nitrogen and oxygen atoms in total. The van der Waals surface area contributed by atoms with Crippen LogP contribution in [0.2, 0.25) is 0 Å². The summed E-state index contributed by atoms with van der Waals surface area (Å²) >= 11 is 1.49. The molecule has 1 aromatic heterocycles. The fourth-order valence-electron chi connectivity index (χ4n) is 4.04. The Hall–Kier alpha value is -1.86. The number of rotatable bonds is 6. The van der Waals surface area contributed by atoms with Crippen LogP contribution in [0.4, 0.5) is 5.13 Å². The molecule has 0 spiro atoms. The predicted molar refractivity (Wildman–Crippen MR) is 106 cm³/mol. The summed E-state index contributed by atoms with van der Waals surface area (Å²) in [5.41, 5.74) is 0.744. The normalized spacial score (nSPS) is 20.3. The van der Waals surface area contributed by atoms with Gasteiger partial charge in [0.1, 0.15) is 21.7 Å². The zero-order valence-corrected chi connectivity index (χ0v) is 16.7. The van der Waals surface area contributed by atoms with Gasteiger partial charge in [-0.15, -0.1) is 0 Å². The van der Waals surface area contributed by atoms with E-state index in [9.17, 15) is 4.79 Å². The Bertz CT molecular complexity index is 769. The SMILES string of the molecule is COc1ccc(OC)c2sc(N(C[C@@H]3CCCO3)C(=O)C3CCCC3)nc12. The van der Waals surface area contributed by atoms with Crippen molar-refractivity contribution >= 4 is 32.6 Å². The summed E-state index contributed by atoms with van der Waals surface area (Å²) in [6.07, 6.45) is 6.34. The van der Waals surface area contributed by atoms with Gasteiger partial charge in [0.25, 0.3) is 0 Å². The van der Waals surface area contributed by atoms with Gasteiger partial charge in [-0.1, -0.05) is 24.2 Å². The minimum atomic E-state index is 0.0890. The smallest absolute Gasteiger partial charge is 0.231 e. The molecule has 2 aliphatic rings. The summed E-state index contributed by atoms with van der Waals surface area (Å²) in [5, 5.41) is 0.709. The molecule has 1 amide bonds. The molecular formula is C20H26N2O4S. The molecule has 2 heterocycles. The standard InChI is InChI=1S/C20H26N2O4S/c1-24-15-9-10-16(25-2)18-17(15)21-20(27-18)22(12-14-8-5-11-26-14)19(23)13-6-3-4-7-13/h9-10,13-14H,3-8,11-12H2,1-2H3/t14-/m0/s1. The first-order valence-corrected chi connectivity index (χ1v) is 10.5. The Labute approximate surface area is 163 Å². The summed E-state index contributed by atoms with van der Waals surface area (Å²) in [6.45, 7) is 1.34. The third kappa shape index (κ3) is 3.62. The van der Waals surface area contributed by atoms with E-state index in [-0.39, 0.29) is 17.9 Å². The third-order valence-electron chi connectivity index (χ3n) is 5.51. The van der Waals surface area contributed by atoms with E-state index in [1.54, 1.807) is 14.2 Å². The molecule has 0 radical (unpaired) electrons. The lowest BCUT2D eigenvalue weighted by molar-refractivity contribution is -0.122. The van der Waals surface area contributed by atoms with Crippen LogP contribution in [0, 0.1) is 5.92 Å². The first-order valence-electron chi connectivity index (χ1n) is 9.65. The van der Waals surface area contributed by atoms with Crippen molar-refractivity contribution in [1.29, 1.82) is 0 Å². The Morgan fingerprint density at radius 3 is 2.59 bits per heavy atom. The molecule has 0 N–H and O–H groups in total. The second-order valence-corrected chi connectivity index (χ2v) is 8.19. The zero-order valence-electron chi connectivity index (χ0n) is 15.9. The summed E-state index contributed by atoms with van der Waals surface area (Å²) < 4.78 is 17.7. The Balaban J connectivity index is 1.72. The number of nitrogens with zero attached hydrogens (tertiary/aromatic N) is 2. The second kappa shape index (κ2) is 8.02. The van der Waals surface area contributed by atoms with Crippen molar-refractivity contribution in [3.8, 4) is 11.5 Å². The number of aromatic nitrogens is 1. The van der Waals surface area contributed by atoms with Crippen molar-refractivity contribution in [2.45, 2.75) is 44.6 Å². The highest BCUT2D eigenvalue weighted by Gasteiger charge is 2.33. The topological polar surface area (TPSA) is 60.9 Å². The van der Waals surface area contributed by atoms with Crippen molar-refractivity contribution in [3.63, 3.8) is 0 Å². The molecule has 146 valence electrons. The highest BCUT2D eigenvalue weighted by atomic mass is 32.1. The van der Waals surface area contributed by atoms with E-state index in [0.29, 0.717) is 17.4 Å². The number of hydrogen-bond acceptors (Lipinski definition) is 6. The van der Waals surface area contributed by atoms with E-state index in [1.807, 2.05) is 17.0 Å². The van der Waals surface area contributed by atoms with E-state index in [1.165, 1.54) is 11.3 Å². The van der Waals surface area contributed by atoms with Gasteiger partial charge in [-0.05, 0) is 37.8 Å². The number of carbonyl (C=O) groups is 1. The lowest BCUT2D eigenvalue weighted by Gasteiger charge is -2.25. The second-order valence-electron chi connectivity index (χ2n) is 7.21. The molecule has 7 heteroatoms. The molecule has 1 saturated heterocycles. The lowest BCUT2D eigenvalue weighted by Crippen LogP contribution is -2.40. The van der Waals surface area contributed by atoms with Crippen LogP contribution in [-0.2, 0) is 9.53 Å². The molecule has 2 fully saturated rings. The van der Waals surface area contributed by atoms with Gasteiger partial charge in [-0.25, -0.2) is 4.98 Å². The number of anilines is 1. The molecule has 1 aliphatic heterocycles. The lowest BCUT2D eigenvalue weighted by atomic mass is 10.1. The van der Waals surface area contributed by atoms with Gasteiger partial charge in [0.05, 0.1) is 26.9 Å². The maximum Gasteiger partial charge on any atom is 0.231 e. The van der Waals surface area contributed by atoms with Gasteiger partial charge in [0.15, 0.2) is 5.13 Å². The van der Waals surface area contributed by atoms with E-state index < -0.39 is 0 Å². The number of benzene rings is 1. The number of ether oxygens (including phenoxy) is 3. The number of hydrogen-bond donors (Lipinski definition) is 0. The van der Waals surface area contributed by atoms with Gasteiger partial charge >= 0.3 is 0 Å². The molecule has 1 aromatic carbocycles. The first-order chi connectivity index (χ1) is 13.2. The van der Waals surface area contributed by atoms with Crippen molar-refractivity contribution in [2.75, 3.05) is 32.3 Å². The number of carbonyl (C=O) groups excluding carboxylic acids is 1. The maximum atomic E-state index is 13.3. The van der Waals surface area contributed by atoms with Crippen LogP contribution in [0.25, 0.3) is 10.2 Å². The quantitative estimate of drug-likeness (QED) is 0.746. The van der Waals surface area contributed by atoms with Gasteiger partial charge in [0.2, 0.25) is 5.91 Å². The number of thiazole rings is 1. The minimum absolute atomic E-state index is 0.0890. The van der Waals surface area contributed by atoms with Crippen LogP contribution in [0.3, 0.4) is 0 Å².